The normalized spacial score (nSPS) is 45.2. The number of allylic oxidation sites excluding steroid dienone is 1. The fourth-order valence-corrected chi connectivity index (χ4v) is 9.23. The van der Waals surface area contributed by atoms with Gasteiger partial charge in [-0.1, -0.05) is 46.3 Å². The minimum Gasteiger partial charge on any atom is -0.413 e. The lowest BCUT2D eigenvalue weighted by atomic mass is 9.47. The van der Waals surface area contributed by atoms with Gasteiger partial charge >= 0.3 is 0 Å². The summed E-state index contributed by atoms with van der Waals surface area (Å²) in [5.41, 5.74) is 2.38. The molecule has 0 radical (unpaired) electrons. The molecular formula is C26H46O2Si. The van der Waals surface area contributed by atoms with Gasteiger partial charge in [-0.2, -0.15) is 0 Å². The SMILES string of the molecule is CC[C@]12CC[C@H](O)CC1=CC[C@@H]1[C@@H]2CC[C@]2(C)[C@@H](O[Si](C)(C)C(C)(C)C)CC[C@@H]12. The highest BCUT2D eigenvalue weighted by molar-refractivity contribution is 6.74. The third kappa shape index (κ3) is 3.33. The van der Waals surface area contributed by atoms with Crippen LogP contribution >= 0.6 is 0 Å². The molecule has 1 N–H and O–H groups in total. The lowest BCUT2D eigenvalue weighted by molar-refractivity contribution is -0.0737. The molecule has 0 amide bonds. The van der Waals surface area contributed by atoms with Crippen molar-refractivity contribution in [2.75, 3.05) is 0 Å². The van der Waals surface area contributed by atoms with Crippen molar-refractivity contribution in [1.29, 1.82) is 0 Å². The van der Waals surface area contributed by atoms with E-state index in [0.717, 1.165) is 30.6 Å². The lowest BCUT2D eigenvalue weighted by Gasteiger charge is -2.59. The number of aliphatic hydroxyl groups excluding tert-OH is 1. The van der Waals surface area contributed by atoms with Crippen molar-refractivity contribution in [3.8, 4) is 0 Å². The summed E-state index contributed by atoms with van der Waals surface area (Å²) in [4.78, 5) is 0. The fraction of sp³-hybridized carbons (Fsp3) is 0.923. The molecule has 2 nitrogen and oxygen atoms in total. The van der Waals surface area contributed by atoms with E-state index < -0.39 is 8.32 Å². The molecule has 4 rings (SSSR count). The second-order valence-corrected chi connectivity index (χ2v) is 17.5. The molecule has 4 aliphatic rings. The summed E-state index contributed by atoms with van der Waals surface area (Å²) in [5.74, 6) is 2.49. The summed E-state index contributed by atoms with van der Waals surface area (Å²) in [5, 5.41) is 10.6. The number of fused-ring (bicyclic) bond motifs is 5. The summed E-state index contributed by atoms with van der Waals surface area (Å²) in [6, 6.07) is 0. The average molecular weight is 419 g/mol. The van der Waals surface area contributed by atoms with Crippen molar-refractivity contribution in [1.82, 2.24) is 0 Å². The van der Waals surface area contributed by atoms with Gasteiger partial charge < -0.3 is 9.53 Å². The van der Waals surface area contributed by atoms with Crippen LogP contribution in [0, 0.1) is 28.6 Å². The molecule has 0 saturated heterocycles. The Bertz CT molecular complexity index is 662. The van der Waals surface area contributed by atoms with E-state index in [1.54, 1.807) is 5.57 Å². The van der Waals surface area contributed by atoms with Crippen molar-refractivity contribution in [3.05, 3.63) is 11.6 Å². The van der Waals surface area contributed by atoms with E-state index in [-0.39, 0.29) is 11.1 Å². The zero-order valence-corrected chi connectivity index (χ0v) is 21.2. The Labute approximate surface area is 181 Å². The Kier molecular flexibility index (Phi) is 5.48. The predicted octanol–water partition coefficient (Wildman–Crippen LogP) is 7.09. The van der Waals surface area contributed by atoms with Gasteiger partial charge in [0.25, 0.3) is 0 Å². The van der Waals surface area contributed by atoms with Crippen LogP contribution in [0.1, 0.15) is 92.4 Å². The second-order valence-electron chi connectivity index (χ2n) is 12.7. The van der Waals surface area contributed by atoms with E-state index in [1.165, 1.54) is 44.9 Å². The Hall–Kier alpha value is -0.123. The van der Waals surface area contributed by atoms with Gasteiger partial charge in [-0.05, 0) is 105 Å². The van der Waals surface area contributed by atoms with E-state index in [9.17, 15) is 5.11 Å². The molecule has 3 heteroatoms. The fourth-order valence-electron chi connectivity index (χ4n) is 7.78. The topological polar surface area (TPSA) is 29.5 Å². The van der Waals surface area contributed by atoms with Crippen molar-refractivity contribution in [2.24, 2.45) is 28.6 Å². The van der Waals surface area contributed by atoms with Gasteiger partial charge in [-0.25, -0.2) is 0 Å². The third-order valence-corrected chi connectivity index (χ3v) is 15.1. The highest BCUT2D eigenvalue weighted by Gasteiger charge is 2.60. The molecule has 3 saturated carbocycles. The van der Waals surface area contributed by atoms with Crippen molar-refractivity contribution in [2.45, 2.75) is 123 Å². The van der Waals surface area contributed by atoms with Crippen LogP contribution in [0.25, 0.3) is 0 Å². The molecule has 0 spiro atoms. The maximum Gasteiger partial charge on any atom is 0.192 e. The van der Waals surface area contributed by atoms with Gasteiger partial charge in [0.15, 0.2) is 8.32 Å². The van der Waals surface area contributed by atoms with Crippen LogP contribution in [0.5, 0.6) is 0 Å². The first-order chi connectivity index (χ1) is 13.4. The molecule has 0 bridgehead atoms. The number of aliphatic hydroxyl groups is 1. The molecule has 0 aromatic rings. The van der Waals surface area contributed by atoms with Crippen LogP contribution in [-0.2, 0) is 4.43 Å². The van der Waals surface area contributed by atoms with Gasteiger partial charge in [0.05, 0.1) is 12.2 Å². The molecule has 166 valence electrons. The molecule has 0 aliphatic heterocycles. The van der Waals surface area contributed by atoms with Crippen molar-refractivity contribution in [3.63, 3.8) is 0 Å². The van der Waals surface area contributed by atoms with E-state index in [4.69, 9.17) is 4.43 Å². The number of hydrogen-bond donors (Lipinski definition) is 1. The van der Waals surface area contributed by atoms with Crippen molar-refractivity contribution >= 4 is 8.32 Å². The summed E-state index contributed by atoms with van der Waals surface area (Å²) in [6.45, 7) is 17.0. The first-order valence-corrected chi connectivity index (χ1v) is 15.4. The van der Waals surface area contributed by atoms with Gasteiger partial charge in [0.2, 0.25) is 0 Å². The third-order valence-electron chi connectivity index (χ3n) is 10.6. The van der Waals surface area contributed by atoms with Crippen LogP contribution in [0.4, 0.5) is 0 Å². The van der Waals surface area contributed by atoms with Gasteiger partial charge in [-0.15, -0.1) is 0 Å². The summed E-state index contributed by atoms with van der Waals surface area (Å²) >= 11 is 0. The van der Waals surface area contributed by atoms with E-state index >= 15 is 0 Å². The van der Waals surface area contributed by atoms with Crippen molar-refractivity contribution < 1.29 is 9.53 Å². The van der Waals surface area contributed by atoms with Gasteiger partial charge in [-0.3, -0.25) is 0 Å². The molecule has 0 aromatic heterocycles. The largest absolute Gasteiger partial charge is 0.413 e. The zero-order chi connectivity index (χ0) is 21.2. The molecule has 0 heterocycles. The van der Waals surface area contributed by atoms with E-state index in [0.29, 0.717) is 16.9 Å². The van der Waals surface area contributed by atoms with Crippen LogP contribution in [0.3, 0.4) is 0 Å². The van der Waals surface area contributed by atoms with Gasteiger partial charge in [0.1, 0.15) is 0 Å². The maximum absolute atomic E-state index is 10.3. The molecule has 7 atom stereocenters. The van der Waals surface area contributed by atoms with Crippen LogP contribution in [0.2, 0.25) is 18.1 Å². The quantitative estimate of drug-likeness (QED) is 0.391. The summed E-state index contributed by atoms with van der Waals surface area (Å²) in [7, 11) is -1.73. The summed E-state index contributed by atoms with van der Waals surface area (Å²) < 4.78 is 7.08. The van der Waals surface area contributed by atoms with Gasteiger partial charge in [0, 0.05) is 0 Å². The average Bonchev–Trinajstić information content (AvgIpc) is 2.96. The standard InChI is InChI=1S/C26H46O2Si/c1-8-26-16-13-19(27)17-18(26)9-10-20-21-11-12-23(25(21,5)15-14-22(20)26)28-29(6,7)24(2,3)4/h9,19-23,27H,8,10-17H2,1-7H3/t19-,20-,21-,22-,23-,25-,26-/m0/s1. The van der Waals surface area contributed by atoms with Crippen LogP contribution in [-0.4, -0.2) is 25.6 Å². The smallest absolute Gasteiger partial charge is 0.192 e. The highest BCUT2D eigenvalue weighted by atomic mass is 28.4. The Balaban J connectivity index is 1.59. The molecule has 0 aromatic carbocycles. The molecule has 29 heavy (non-hydrogen) atoms. The van der Waals surface area contributed by atoms with E-state index in [2.05, 4.69) is 53.8 Å². The molecule has 0 unspecified atom stereocenters. The Morgan fingerprint density at radius 1 is 1.10 bits per heavy atom. The Morgan fingerprint density at radius 2 is 1.83 bits per heavy atom. The predicted molar refractivity (Wildman–Crippen MR) is 124 cm³/mol. The van der Waals surface area contributed by atoms with Crippen LogP contribution < -0.4 is 0 Å². The number of hydrogen-bond acceptors (Lipinski definition) is 2. The van der Waals surface area contributed by atoms with Crippen LogP contribution in [0.15, 0.2) is 11.6 Å². The Morgan fingerprint density at radius 3 is 2.48 bits per heavy atom. The number of rotatable bonds is 3. The second kappa shape index (κ2) is 7.20. The minimum absolute atomic E-state index is 0.0971. The van der Waals surface area contributed by atoms with E-state index in [1.807, 2.05) is 0 Å². The molecule has 4 aliphatic carbocycles. The maximum atomic E-state index is 10.3. The zero-order valence-electron chi connectivity index (χ0n) is 20.2. The monoisotopic (exact) mass is 418 g/mol. The first kappa shape index (κ1) is 22.1. The highest BCUT2D eigenvalue weighted by Crippen LogP contribution is 2.66. The first-order valence-electron chi connectivity index (χ1n) is 12.5. The minimum atomic E-state index is -1.73. The molecule has 3 fully saturated rings. The molecular weight excluding hydrogens is 372 g/mol. The lowest BCUT2D eigenvalue weighted by Crippen LogP contribution is -2.54. The summed E-state index contributed by atoms with van der Waals surface area (Å²) in [6.07, 6.45) is 14.0.